The molecule has 1 aliphatic heterocycles. The first-order chi connectivity index (χ1) is 15.9. The summed E-state index contributed by atoms with van der Waals surface area (Å²) in [5.41, 5.74) is 0.460. The lowest BCUT2D eigenvalue weighted by molar-refractivity contribution is -0.928. The fourth-order valence-electron chi connectivity index (χ4n) is 4.63. The van der Waals surface area contributed by atoms with Gasteiger partial charge >= 0.3 is 6.18 Å². The minimum atomic E-state index is -4.99. The van der Waals surface area contributed by atoms with Crippen LogP contribution in [-0.4, -0.2) is 30.4 Å². The van der Waals surface area contributed by atoms with Crippen molar-refractivity contribution in [1.82, 2.24) is 0 Å². The van der Waals surface area contributed by atoms with Crippen LogP contribution >= 0.6 is 0 Å². The fourth-order valence-corrected chi connectivity index (χ4v) is 4.63. The van der Waals surface area contributed by atoms with E-state index in [9.17, 15) is 23.1 Å². The summed E-state index contributed by atoms with van der Waals surface area (Å²) in [5, 5.41) is 10.4. The van der Waals surface area contributed by atoms with E-state index in [1.807, 2.05) is 19.9 Å². The molecule has 0 aliphatic carbocycles. The molecule has 0 radical (unpaired) electrons. The Balaban J connectivity index is 1.86. The third-order valence-corrected chi connectivity index (χ3v) is 5.81. The van der Waals surface area contributed by atoms with Gasteiger partial charge in [-0.3, -0.25) is 4.79 Å². The number of benzene rings is 2. The number of phenolic OH excluding ortho intramolecular Hbond substituents is 1. The van der Waals surface area contributed by atoms with Crippen LogP contribution in [0.2, 0.25) is 0 Å². The number of ether oxygens (including phenoxy) is 2. The highest BCUT2D eigenvalue weighted by molar-refractivity contribution is 5.83. The molecule has 2 unspecified atom stereocenters. The van der Waals surface area contributed by atoms with E-state index in [-0.39, 0.29) is 46.8 Å². The standard InChI is InChI=1S/C25H26F3NO5/c1-13-7-14(2)9-17(8-13)33-23-21(31)18-5-6-20(30)19(22(18)34-24(23)25(26,27)28)12-29-10-15(3)32-16(4)11-29/h5-9,15-16,30H,10-12H2,1-4H3/p+1. The zero-order valence-electron chi connectivity index (χ0n) is 19.4. The van der Waals surface area contributed by atoms with Crippen molar-refractivity contribution in [3.8, 4) is 17.2 Å². The third-order valence-electron chi connectivity index (χ3n) is 5.81. The van der Waals surface area contributed by atoms with Crippen LogP contribution in [0.15, 0.2) is 39.5 Å². The van der Waals surface area contributed by atoms with E-state index in [4.69, 9.17) is 13.9 Å². The van der Waals surface area contributed by atoms with Gasteiger partial charge < -0.3 is 23.9 Å². The summed E-state index contributed by atoms with van der Waals surface area (Å²) in [6.07, 6.45) is -5.09. The first-order valence-electron chi connectivity index (χ1n) is 11.1. The highest BCUT2D eigenvalue weighted by Crippen LogP contribution is 2.40. The molecule has 2 N–H and O–H groups in total. The molecule has 2 atom stereocenters. The molecule has 1 aliphatic rings. The molecule has 1 saturated heterocycles. The van der Waals surface area contributed by atoms with Gasteiger partial charge in [0.25, 0.3) is 5.76 Å². The summed E-state index contributed by atoms with van der Waals surface area (Å²) in [6.45, 7) is 8.76. The lowest BCUT2D eigenvalue weighted by Gasteiger charge is -2.32. The molecule has 0 bridgehead atoms. The van der Waals surface area contributed by atoms with E-state index in [1.165, 1.54) is 12.1 Å². The van der Waals surface area contributed by atoms with Gasteiger partial charge in [-0.05, 0) is 63.1 Å². The molecule has 4 rings (SSSR count). The van der Waals surface area contributed by atoms with E-state index < -0.39 is 23.1 Å². The smallest absolute Gasteiger partial charge is 0.453 e. The van der Waals surface area contributed by atoms with Crippen LogP contribution in [0.1, 0.15) is 36.3 Å². The molecule has 34 heavy (non-hydrogen) atoms. The predicted octanol–water partition coefficient (Wildman–Crippen LogP) is 4.12. The molecule has 3 aromatic rings. The largest absolute Gasteiger partial charge is 0.507 e. The number of hydrogen-bond acceptors (Lipinski definition) is 5. The molecular weight excluding hydrogens is 451 g/mol. The molecule has 0 saturated carbocycles. The summed E-state index contributed by atoms with van der Waals surface area (Å²) < 4.78 is 58.6. The maximum absolute atomic E-state index is 14.0. The maximum Gasteiger partial charge on any atom is 0.453 e. The number of hydrogen-bond donors (Lipinski definition) is 2. The topological polar surface area (TPSA) is 73.3 Å². The maximum atomic E-state index is 14.0. The second kappa shape index (κ2) is 8.96. The average molecular weight is 478 g/mol. The Kier molecular flexibility index (Phi) is 6.35. The highest BCUT2D eigenvalue weighted by atomic mass is 19.4. The van der Waals surface area contributed by atoms with Gasteiger partial charge in [0.05, 0.1) is 10.9 Å². The molecule has 0 amide bonds. The molecule has 0 spiro atoms. The van der Waals surface area contributed by atoms with Crippen LogP contribution in [0.3, 0.4) is 0 Å². The lowest BCUT2D eigenvalue weighted by Crippen LogP contribution is -3.14. The molecule has 1 fully saturated rings. The van der Waals surface area contributed by atoms with Crippen LogP contribution in [0, 0.1) is 13.8 Å². The Morgan fingerprint density at radius 3 is 2.29 bits per heavy atom. The van der Waals surface area contributed by atoms with Gasteiger partial charge in [0.2, 0.25) is 11.2 Å². The van der Waals surface area contributed by atoms with Crippen LogP contribution < -0.4 is 15.1 Å². The number of halogens is 3. The van der Waals surface area contributed by atoms with Crippen molar-refractivity contribution in [3.05, 3.63) is 63.0 Å². The van der Waals surface area contributed by atoms with Crippen molar-refractivity contribution in [3.63, 3.8) is 0 Å². The number of morpholine rings is 1. The number of rotatable bonds is 4. The van der Waals surface area contributed by atoms with Gasteiger partial charge in [-0.15, -0.1) is 0 Å². The molecule has 9 heteroatoms. The van der Waals surface area contributed by atoms with Crippen molar-refractivity contribution in [2.45, 2.75) is 52.6 Å². The monoisotopic (exact) mass is 478 g/mol. The van der Waals surface area contributed by atoms with Crippen LogP contribution in [0.5, 0.6) is 17.2 Å². The van der Waals surface area contributed by atoms with Gasteiger partial charge in [-0.25, -0.2) is 0 Å². The van der Waals surface area contributed by atoms with E-state index in [1.54, 1.807) is 26.0 Å². The summed E-state index contributed by atoms with van der Waals surface area (Å²) in [6, 6.07) is 7.49. The third kappa shape index (κ3) is 4.90. The summed E-state index contributed by atoms with van der Waals surface area (Å²) >= 11 is 0. The Morgan fingerprint density at radius 1 is 1.09 bits per heavy atom. The lowest BCUT2D eigenvalue weighted by atomic mass is 10.1. The van der Waals surface area contributed by atoms with Gasteiger partial charge in [0.1, 0.15) is 43.3 Å². The van der Waals surface area contributed by atoms with E-state index in [0.717, 1.165) is 16.0 Å². The Hall–Kier alpha value is -3.04. The van der Waals surface area contributed by atoms with E-state index in [2.05, 4.69) is 0 Å². The second-order valence-electron chi connectivity index (χ2n) is 9.04. The van der Waals surface area contributed by atoms with Crippen molar-refractivity contribution in [1.29, 1.82) is 0 Å². The number of nitrogens with one attached hydrogen (secondary N) is 1. The highest BCUT2D eigenvalue weighted by Gasteiger charge is 2.41. The van der Waals surface area contributed by atoms with Gasteiger partial charge in [0, 0.05) is 0 Å². The number of phenols is 1. The van der Waals surface area contributed by atoms with Crippen LogP contribution in [-0.2, 0) is 17.5 Å². The normalized spacial score (nSPS) is 21.1. The van der Waals surface area contributed by atoms with Crippen molar-refractivity contribution < 1.29 is 37.1 Å². The SMILES string of the molecule is Cc1cc(C)cc(Oc2c(C(F)(F)F)oc3c(C[NH+]4CC(C)OC(C)C4)c(O)ccc3c2=O)c1. The van der Waals surface area contributed by atoms with Gasteiger partial charge in [-0.2, -0.15) is 13.2 Å². The Labute approximate surface area is 194 Å². The zero-order valence-corrected chi connectivity index (χ0v) is 19.4. The quantitative estimate of drug-likeness (QED) is 0.590. The molecule has 182 valence electrons. The van der Waals surface area contributed by atoms with Crippen LogP contribution in [0.4, 0.5) is 13.2 Å². The molecule has 1 aromatic heterocycles. The van der Waals surface area contributed by atoms with E-state index in [0.29, 0.717) is 13.1 Å². The summed E-state index contributed by atoms with van der Waals surface area (Å²) in [5.74, 6) is -2.59. The number of quaternary nitrogens is 1. The zero-order chi connectivity index (χ0) is 24.8. The number of alkyl halides is 3. The van der Waals surface area contributed by atoms with Crippen molar-refractivity contribution in [2.24, 2.45) is 0 Å². The second-order valence-corrected chi connectivity index (χ2v) is 9.04. The number of aryl methyl sites for hydroxylation is 2. The number of aromatic hydroxyl groups is 1. The van der Waals surface area contributed by atoms with Gasteiger partial charge in [0.15, 0.2) is 5.58 Å². The molecule has 2 heterocycles. The van der Waals surface area contributed by atoms with Crippen LogP contribution in [0.25, 0.3) is 11.0 Å². The molecular formula is C25H27F3NO5+. The van der Waals surface area contributed by atoms with E-state index >= 15 is 0 Å². The van der Waals surface area contributed by atoms with Crippen molar-refractivity contribution >= 4 is 11.0 Å². The fraction of sp³-hybridized carbons (Fsp3) is 0.400. The first kappa shape index (κ1) is 24.1. The summed E-state index contributed by atoms with van der Waals surface area (Å²) in [7, 11) is 0. The minimum Gasteiger partial charge on any atom is -0.507 e. The minimum absolute atomic E-state index is 0.0496. The number of fused-ring (bicyclic) bond motifs is 1. The van der Waals surface area contributed by atoms with Gasteiger partial charge in [-0.1, -0.05) is 6.07 Å². The van der Waals surface area contributed by atoms with Crippen molar-refractivity contribution in [2.75, 3.05) is 13.1 Å². The Morgan fingerprint density at radius 2 is 1.71 bits per heavy atom. The Bertz CT molecular complexity index is 1250. The average Bonchev–Trinajstić information content (AvgIpc) is 2.69. The summed E-state index contributed by atoms with van der Waals surface area (Å²) in [4.78, 5) is 14.2. The first-order valence-corrected chi connectivity index (χ1v) is 11.1. The molecule has 6 nitrogen and oxygen atoms in total. The molecule has 2 aromatic carbocycles. The predicted molar refractivity (Wildman–Crippen MR) is 120 cm³/mol.